The van der Waals surface area contributed by atoms with Gasteiger partial charge in [-0.2, -0.15) is 15.2 Å². The number of amides is 1. The van der Waals surface area contributed by atoms with Gasteiger partial charge in [0.1, 0.15) is 11.5 Å². The Labute approximate surface area is 201 Å². The highest BCUT2D eigenvalue weighted by Gasteiger charge is 2.47. The van der Waals surface area contributed by atoms with Gasteiger partial charge in [0.2, 0.25) is 11.9 Å². The second kappa shape index (κ2) is 8.29. The summed E-state index contributed by atoms with van der Waals surface area (Å²) >= 11 is 0. The Hall–Kier alpha value is -4.64. The van der Waals surface area contributed by atoms with Crippen molar-refractivity contribution in [1.82, 2.24) is 15.0 Å². The molecule has 2 aliphatic rings. The number of fused-ring (bicyclic) bond motifs is 3. The van der Waals surface area contributed by atoms with Crippen LogP contribution in [0, 0.1) is 29.1 Å². The largest absolute Gasteiger partial charge is 0.369 e. The minimum Gasteiger partial charge on any atom is -0.369 e. The van der Waals surface area contributed by atoms with E-state index in [2.05, 4.69) is 38.8 Å². The van der Waals surface area contributed by atoms with Crippen LogP contribution in [0.15, 0.2) is 72.9 Å². The van der Waals surface area contributed by atoms with Crippen LogP contribution < -0.4 is 16.4 Å². The molecular formula is C27H23N7O. The molecule has 1 fully saturated rings. The molecule has 6 rings (SSSR count). The number of nitrogens with two attached hydrogens (primary N) is 1. The SMILES string of the molecule is N#Cc1ccc(-c2ccc(Nc3nc(NC4C5C=CC(C5)C4C(N)=O)c4cc[nH]c4n3)cc2)cc1. The summed E-state index contributed by atoms with van der Waals surface area (Å²) in [5.41, 5.74) is 10.0. The molecular weight excluding hydrogens is 438 g/mol. The van der Waals surface area contributed by atoms with Crippen LogP contribution in [0.2, 0.25) is 0 Å². The normalized spacial score (nSPS) is 22.3. The van der Waals surface area contributed by atoms with Gasteiger partial charge in [-0.1, -0.05) is 36.4 Å². The van der Waals surface area contributed by atoms with Crippen molar-refractivity contribution in [3.05, 3.63) is 78.5 Å². The van der Waals surface area contributed by atoms with Gasteiger partial charge in [0, 0.05) is 17.9 Å². The molecule has 2 bridgehead atoms. The molecule has 2 heterocycles. The van der Waals surface area contributed by atoms with Crippen LogP contribution in [0.5, 0.6) is 0 Å². The smallest absolute Gasteiger partial charge is 0.231 e. The average molecular weight is 462 g/mol. The number of rotatable bonds is 6. The average Bonchev–Trinajstić information content (AvgIpc) is 3.61. The van der Waals surface area contributed by atoms with E-state index in [1.807, 2.05) is 60.8 Å². The number of nitrogens with zero attached hydrogens (tertiary/aromatic N) is 3. The third-order valence-electron chi connectivity index (χ3n) is 7.00. The molecule has 4 aromatic rings. The number of H-pyrrole nitrogens is 1. The van der Waals surface area contributed by atoms with Gasteiger partial charge in [-0.25, -0.2) is 0 Å². The first-order valence-electron chi connectivity index (χ1n) is 11.6. The minimum atomic E-state index is -0.278. The van der Waals surface area contributed by atoms with Crippen LogP contribution in [-0.4, -0.2) is 26.9 Å². The highest BCUT2D eigenvalue weighted by molar-refractivity contribution is 5.89. The van der Waals surface area contributed by atoms with Gasteiger partial charge in [-0.05, 0) is 59.7 Å². The monoisotopic (exact) mass is 461 g/mol. The lowest BCUT2D eigenvalue weighted by Crippen LogP contribution is -2.41. The predicted octanol–water partition coefficient (Wildman–Crippen LogP) is 4.33. The lowest BCUT2D eigenvalue weighted by Gasteiger charge is -2.27. The zero-order valence-electron chi connectivity index (χ0n) is 18.8. The Balaban J connectivity index is 1.26. The third-order valence-corrected chi connectivity index (χ3v) is 7.00. The summed E-state index contributed by atoms with van der Waals surface area (Å²) in [5, 5.41) is 16.7. The van der Waals surface area contributed by atoms with Gasteiger partial charge in [0.05, 0.1) is 22.9 Å². The first kappa shape index (κ1) is 20.9. The molecule has 0 saturated heterocycles. The number of aromatic amines is 1. The van der Waals surface area contributed by atoms with Gasteiger partial charge in [0.15, 0.2) is 0 Å². The fourth-order valence-corrected chi connectivity index (χ4v) is 5.28. The van der Waals surface area contributed by atoms with Crippen molar-refractivity contribution >= 4 is 34.4 Å². The zero-order valence-corrected chi connectivity index (χ0v) is 18.8. The van der Waals surface area contributed by atoms with Crippen molar-refractivity contribution in [2.45, 2.75) is 12.5 Å². The predicted molar refractivity (Wildman–Crippen MR) is 135 cm³/mol. The highest BCUT2D eigenvalue weighted by atomic mass is 16.1. The maximum atomic E-state index is 12.2. The summed E-state index contributed by atoms with van der Waals surface area (Å²) in [6.45, 7) is 0. The molecule has 0 spiro atoms. The van der Waals surface area contributed by atoms with Gasteiger partial charge in [-0.15, -0.1) is 0 Å². The van der Waals surface area contributed by atoms with Crippen molar-refractivity contribution in [2.24, 2.45) is 23.5 Å². The van der Waals surface area contributed by atoms with Gasteiger partial charge in [-0.3, -0.25) is 4.79 Å². The molecule has 0 aliphatic heterocycles. The van der Waals surface area contributed by atoms with E-state index in [4.69, 9.17) is 16.0 Å². The first-order valence-corrected chi connectivity index (χ1v) is 11.6. The van der Waals surface area contributed by atoms with E-state index in [9.17, 15) is 4.79 Å². The van der Waals surface area contributed by atoms with Crippen LogP contribution in [0.4, 0.5) is 17.5 Å². The van der Waals surface area contributed by atoms with Crippen LogP contribution in [0.25, 0.3) is 22.2 Å². The topological polar surface area (TPSA) is 133 Å². The van der Waals surface area contributed by atoms with Crippen molar-refractivity contribution in [1.29, 1.82) is 5.26 Å². The number of nitriles is 1. The molecule has 4 unspecified atom stereocenters. The molecule has 4 atom stereocenters. The molecule has 172 valence electrons. The molecule has 2 aromatic carbocycles. The first-order chi connectivity index (χ1) is 17.1. The summed E-state index contributed by atoms with van der Waals surface area (Å²) in [6.07, 6.45) is 7.04. The van der Waals surface area contributed by atoms with E-state index < -0.39 is 0 Å². The number of benzene rings is 2. The Kier molecular flexibility index (Phi) is 4.96. The number of anilines is 3. The van der Waals surface area contributed by atoms with Crippen molar-refractivity contribution in [3.63, 3.8) is 0 Å². The maximum Gasteiger partial charge on any atom is 0.231 e. The maximum absolute atomic E-state index is 12.2. The number of carbonyl (C=O) groups is 1. The van der Waals surface area contributed by atoms with Crippen molar-refractivity contribution in [2.75, 3.05) is 10.6 Å². The number of nitrogens with one attached hydrogen (secondary N) is 3. The standard InChI is InChI=1S/C27H23N7O/c28-14-15-1-3-16(4-2-15)17-7-9-20(10-8-17)31-27-33-25-21(11-12-30-25)26(34-27)32-23-19-6-5-18(13-19)22(23)24(29)35/h1-12,18-19,22-23H,13H2,(H2,29,35)(H3,30,31,32,33,34). The molecule has 35 heavy (non-hydrogen) atoms. The number of carbonyl (C=O) groups excluding carboxylic acids is 1. The van der Waals surface area contributed by atoms with E-state index in [0.29, 0.717) is 23.0 Å². The fourth-order valence-electron chi connectivity index (χ4n) is 5.28. The molecule has 8 heteroatoms. The molecule has 2 aromatic heterocycles. The van der Waals surface area contributed by atoms with E-state index in [1.54, 1.807) is 0 Å². The summed E-state index contributed by atoms with van der Waals surface area (Å²) < 4.78 is 0. The summed E-state index contributed by atoms with van der Waals surface area (Å²) in [7, 11) is 0. The quantitative estimate of drug-likeness (QED) is 0.316. The van der Waals surface area contributed by atoms with Crippen molar-refractivity contribution < 1.29 is 4.79 Å². The summed E-state index contributed by atoms with van der Waals surface area (Å²) in [5.74, 6) is 1.03. The van der Waals surface area contributed by atoms with Crippen LogP contribution >= 0.6 is 0 Å². The van der Waals surface area contributed by atoms with E-state index in [0.717, 1.165) is 28.6 Å². The Bertz CT molecular complexity index is 1480. The minimum absolute atomic E-state index is 0.0879. The lowest BCUT2D eigenvalue weighted by atomic mass is 9.88. The highest BCUT2D eigenvalue weighted by Crippen LogP contribution is 2.45. The number of hydrogen-bond acceptors (Lipinski definition) is 6. The summed E-state index contributed by atoms with van der Waals surface area (Å²) in [6, 6.07) is 19.4. The Morgan fingerprint density at radius 2 is 1.71 bits per heavy atom. The van der Waals surface area contributed by atoms with Gasteiger partial charge < -0.3 is 21.4 Å². The lowest BCUT2D eigenvalue weighted by molar-refractivity contribution is -0.122. The van der Waals surface area contributed by atoms with E-state index >= 15 is 0 Å². The zero-order chi connectivity index (χ0) is 23.9. The molecule has 5 N–H and O–H groups in total. The molecule has 8 nitrogen and oxygen atoms in total. The van der Waals surface area contributed by atoms with Crippen molar-refractivity contribution in [3.8, 4) is 17.2 Å². The molecule has 1 saturated carbocycles. The Morgan fingerprint density at radius 1 is 1.00 bits per heavy atom. The van der Waals surface area contributed by atoms with Crippen LogP contribution in [0.1, 0.15) is 12.0 Å². The van der Waals surface area contributed by atoms with Gasteiger partial charge >= 0.3 is 0 Å². The van der Waals surface area contributed by atoms with E-state index in [1.165, 1.54) is 0 Å². The van der Waals surface area contributed by atoms with Gasteiger partial charge in [0.25, 0.3) is 0 Å². The van der Waals surface area contributed by atoms with Crippen LogP contribution in [0.3, 0.4) is 0 Å². The molecule has 0 radical (unpaired) electrons. The number of hydrogen-bond donors (Lipinski definition) is 4. The number of primary amides is 1. The van der Waals surface area contributed by atoms with E-state index in [-0.39, 0.29) is 29.7 Å². The summed E-state index contributed by atoms with van der Waals surface area (Å²) in [4.78, 5) is 24.7. The second-order valence-corrected chi connectivity index (χ2v) is 9.07. The number of allylic oxidation sites excluding steroid dienone is 1. The third kappa shape index (κ3) is 3.77. The van der Waals surface area contributed by atoms with Crippen LogP contribution in [-0.2, 0) is 4.79 Å². The fraction of sp³-hybridized carbons (Fsp3) is 0.185. The Morgan fingerprint density at radius 3 is 2.43 bits per heavy atom. The molecule has 2 aliphatic carbocycles. The molecule has 1 amide bonds. The second-order valence-electron chi connectivity index (χ2n) is 9.07. The number of aromatic nitrogens is 3.